The first kappa shape index (κ1) is 15.5. The summed E-state index contributed by atoms with van der Waals surface area (Å²) in [5, 5.41) is 2.96. The van der Waals surface area contributed by atoms with Crippen molar-refractivity contribution in [2.24, 2.45) is 0 Å². The van der Waals surface area contributed by atoms with E-state index in [-0.39, 0.29) is 4.90 Å². The van der Waals surface area contributed by atoms with Crippen LogP contribution in [0.1, 0.15) is 12.5 Å². The Kier molecular flexibility index (Phi) is 5.30. The first-order valence-corrected chi connectivity index (χ1v) is 8.34. The third-order valence-electron chi connectivity index (χ3n) is 2.95. The molecule has 1 aromatic carbocycles. The first-order valence-electron chi connectivity index (χ1n) is 6.86. The van der Waals surface area contributed by atoms with E-state index in [1.54, 1.807) is 18.3 Å². The van der Waals surface area contributed by atoms with E-state index >= 15 is 0 Å². The van der Waals surface area contributed by atoms with Crippen LogP contribution < -0.4 is 10.0 Å². The smallest absolute Gasteiger partial charge is 0.244 e. The van der Waals surface area contributed by atoms with Gasteiger partial charge in [-0.15, -0.1) is 0 Å². The average Bonchev–Trinajstić information content (AvgIpc) is 2.49. The normalized spacial score (nSPS) is 11.3. The third kappa shape index (κ3) is 4.27. The molecule has 5 nitrogen and oxygen atoms in total. The lowest BCUT2D eigenvalue weighted by molar-refractivity contribution is 0.581. The Balaban J connectivity index is 2.05. The summed E-state index contributed by atoms with van der Waals surface area (Å²) >= 11 is 0. The van der Waals surface area contributed by atoms with Crippen molar-refractivity contribution < 1.29 is 8.42 Å². The van der Waals surface area contributed by atoms with Crippen LogP contribution in [0.15, 0.2) is 53.6 Å². The number of pyridine rings is 1. The number of nitrogens with one attached hydrogen (secondary N) is 2. The molecule has 0 bridgehead atoms. The number of benzene rings is 1. The number of anilines is 1. The Labute approximate surface area is 125 Å². The molecule has 112 valence electrons. The molecule has 0 saturated heterocycles. The Hall–Kier alpha value is -1.92. The average molecular weight is 305 g/mol. The molecule has 0 spiro atoms. The second-order valence-corrected chi connectivity index (χ2v) is 6.25. The first-order chi connectivity index (χ1) is 10.1. The number of aromatic nitrogens is 1. The van der Waals surface area contributed by atoms with Crippen molar-refractivity contribution in [1.82, 2.24) is 9.71 Å². The van der Waals surface area contributed by atoms with E-state index in [0.717, 1.165) is 5.56 Å². The minimum Gasteiger partial charge on any atom is -0.369 e. The van der Waals surface area contributed by atoms with Gasteiger partial charge in [0.25, 0.3) is 0 Å². The Morgan fingerprint density at radius 3 is 2.57 bits per heavy atom. The lowest BCUT2D eigenvalue weighted by Gasteiger charge is -2.11. The van der Waals surface area contributed by atoms with Crippen LogP contribution in [-0.4, -0.2) is 26.5 Å². The Morgan fingerprint density at radius 1 is 1.10 bits per heavy atom. The van der Waals surface area contributed by atoms with E-state index in [2.05, 4.69) is 15.0 Å². The minimum absolute atomic E-state index is 0.180. The zero-order chi connectivity index (χ0) is 15.1. The highest BCUT2D eigenvalue weighted by Crippen LogP contribution is 2.17. The fourth-order valence-corrected chi connectivity index (χ4v) is 3.12. The van der Waals surface area contributed by atoms with Crippen molar-refractivity contribution in [2.45, 2.75) is 18.2 Å². The summed E-state index contributed by atoms with van der Waals surface area (Å²) in [6.07, 6.45) is 2.22. The molecule has 0 atom stereocenters. The molecule has 0 aliphatic heterocycles. The molecule has 1 aromatic heterocycles. The fourth-order valence-electron chi connectivity index (χ4n) is 1.96. The summed E-state index contributed by atoms with van der Waals surface area (Å²) < 4.78 is 27.3. The summed E-state index contributed by atoms with van der Waals surface area (Å²) in [4.78, 5) is 4.25. The molecule has 0 aliphatic carbocycles. The van der Waals surface area contributed by atoms with Gasteiger partial charge in [0.1, 0.15) is 10.7 Å². The van der Waals surface area contributed by atoms with E-state index in [9.17, 15) is 8.42 Å². The van der Waals surface area contributed by atoms with Gasteiger partial charge in [0.2, 0.25) is 10.0 Å². The van der Waals surface area contributed by atoms with Crippen molar-refractivity contribution in [3.63, 3.8) is 0 Å². The van der Waals surface area contributed by atoms with Crippen LogP contribution in [-0.2, 0) is 16.4 Å². The molecule has 2 rings (SSSR count). The van der Waals surface area contributed by atoms with Crippen molar-refractivity contribution in [1.29, 1.82) is 0 Å². The number of nitrogens with zero attached hydrogens (tertiary/aromatic N) is 1. The van der Waals surface area contributed by atoms with Crippen molar-refractivity contribution in [3.05, 3.63) is 54.2 Å². The number of hydrogen-bond donors (Lipinski definition) is 2. The third-order valence-corrected chi connectivity index (χ3v) is 4.45. The maximum absolute atomic E-state index is 12.3. The van der Waals surface area contributed by atoms with Gasteiger partial charge in [0.05, 0.1) is 0 Å². The number of sulfonamides is 1. The molecule has 0 radical (unpaired) electrons. The van der Waals surface area contributed by atoms with Gasteiger partial charge in [-0.1, -0.05) is 30.3 Å². The second-order valence-electron chi connectivity index (χ2n) is 4.51. The van der Waals surface area contributed by atoms with Gasteiger partial charge in [0.15, 0.2) is 0 Å². The molecule has 0 saturated carbocycles. The maximum Gasteiger partial charge on any atom is 0.244 e. The van der Waals surface area contributed by atoms with Gasteiger partial charge in [0, 0.05) is 19.3 Å². The van der Waals surface area contributed by atoms with Gasteiger partial charge < -0.3 is 5.32 Å². The van der Waals surface area contributed by atoms with Crippen LogP contribution in [0.4, 0.5) is 5.82 Å². The van der Waals surface area contributed by atoms with E-state index in [1.807, 2.05) is 37.3 Å². The summed E-state index contributed by atoms with van der Waals surface area (Å²) in [5.74, 6) is 0.382. The molecule has 2 aromatic rings. The van der Waals surface area contributed by atoms with Crippen LogP contribution >= 0.6 is 0 Å². The van der Waals surface area contributed by atoms with Crippen LogP contribution in [0, 0.1) is 0 Å². The minimum atomic E-state index is -3.56. The molecule has 0 unspecified atom stereocenters. The van der Waals surface area contributed by atoms with Crippen molar-refractivity contribution in [3.8, 4) is 0 Å². The molecule has 2 N–H and O–H groups in total. The molecule has 0 amide bonds. The highest BCUT2D eigenvalue weighted by Gasteiger charge is 2.18. The Bertz CT molecular complexity index is 672. The summed E-state index contributed by atoms with van der Waals surface area (Å²) in [7, 11) is -3.56. The van der Waals surface area contributed by atoms with E-state index < -0.39 is 10.0 Å². The van der Waals surface area contributed by atoms with E-state index in [1.165, 1.54) is 0 Å². The maximum atomic E-state index is 12.3. The van der Waals surface area contributed by atoms with Gasteiger partial charge in [-0.05, 0) is 31.0 Å². The quantitative estimate of drug-likeness (QED) is 0.821. The highest BCUT2D eigenvalue weighted by molar-refractivity contribution is 7.89. The van der Waals surface area contributed by atoms with Crippen LogP contribution in [0.2, 0.25) is 0 Å². The number of rotatable bonds is 7. The topological polar surface area (TPSA) is 71.1 Å². The molecular formula is C15H19N3O2S. The summed E-state index contributed by atoms with van der Waals surface area (Å²) in [6, 6.07) is 12.9. The monoisotopic (exact) mass is 305 g/mol. The SMILES string of the molecule is CCNc1ncccc1S(=O)(=O)NCCc1ccccc1. The van der Waals surface area contributed by atoms with Gasteiger partial charge in [-0.25, -0.2) is 18.1 Å². The van der Waals surface area contributed by atoms with E-state index in [4.69, 9.17) is 0 Å². The predicted molar refractivity (Wildman–Crippen MR) is 83.7 cm³/mol. The highest BCUT2D eigenvalue weighted by atomic mass is 32.2. The summed E-state index contributed by atoms with van der Waals surface area (Å²) in [6.45, 7) is 2.87. The fraction of sp³-hybridized carbons (Fsp3) is 0.267. The second kappa shape index (κ2) is 7.19. The van der Waals surface area contributed by atoms with Crippen LogP contribution in [0.25, 0.3) is 0 Å². The number of hydrogen-bond acceptors (Lipinski definition) is 4. The lowest BCUT2D eigenvalue weighted by atomic mass is 10.2. The molecule has 0 aliphatic rings. The molecule has 1 heterocycles. The largest absolute Gasteiger partial charge is 0.369 e. The predicted octanol–water partition coefficient (Wildman–Crippen LogP) is 2.03. The molecule has 6 heteroatoms. The van der Waals surface area contributed by atoms with Crippen molar-refractivity contribution in [2.75, 3.05) is 18.4 Å². The van der Waals surface area contributed by atoms with Crippen molar-refractivity contribution >= 4 is 15.8 Å². The zero-order valence-electron chi connectivity index (χ0n) is 11.9. The summed E-state index contributed by atoms with van der Waals surface area (Å²) in [5.41, 5.74) is 1.10. The van der Waals surface area contributed by atoms with Gasteiger partial charge >= 0.3 is 0 Å². The van der Waals surface area contributed by atoms with Gasteiger partial charge in [-0.2, -0.15) is 0 Å². The van der Waals surface area contributed by atoms with Crippen LogP contribution in [0.3, 0.4) is 0 Å². The lowest BCUT2D eigenvalue weighted by Crippen LogP contribution is -2.27. The van der Waals surface area contributed by atoms with Gasteiger partial charge in [-0.3, -0.25) is 0 Å². The van der Waals surface area contributed by atoms with E-state index in [0.29, 0.717) is 25.3 Å². The van der Waals surface area contributed by atoms with Crippen LogP contribution in [0.5, 0.6) is 0 Å². The molecule has 21 heavy (non-hydrogen) atoms. The Morgan fingerprint density at radius 2 is 1.86 bits per heavy atom. The standard InChI is InChI=1S/C15H19N3O2S/c1-2-16-15-14(9-6-11-17-15)21(19,20)18-12-10-13-7-4-3-5-8-13/h3-9,11,18H,2,10,12H2,1H3,(H,16,17). The molecule has 0 fully saturated rings. The zero-order valence-corrected chi connectivity index (χ0v) is 12.7. The molecular weight excluding hydrogens is 286 g/mol.